The second-order valence-corrected chi connectivity index (χ2v) is 7.82. The number of guanidine groups is 1. The quantitative estimate of drug-likeness (QED) is 0.642. The average molecular weight is 349 g/mol. The lowest BCUT2D eigenvalue weighted by molar-refractivity contribution is 0.600. The Morgan fingerprint density at radius 3 is 2.62 bits per heavy atom. The molecular formula is C17H20FN3O2S. The minimum atomic E-state index is -3.22. The van der Waals surface area contributed by atoms with E-state index in [1.54, 1.807) is 0 Å². The number of nitrogens with one attached hydrogen (secondary N) is 1. The molecule has 2 rings (SSSR count). The molecule has 0 radical (unpaired) electrons. The number of nitrogens with two attached hydrogens (primary N) is 1. The fraction of sp³-hybridized carbons (Fsp3) is 0.235. The summed E-state index contributed by atoms with van der Waals surface area (Å²) >= 11 is 0. The predicted molar refractivity (Wildman–Crippen MR) is 95.1 cm³/mol. The summed E-state index contributed by atoms with van der Waals surface area (Å²) in [5.74, 6) is -0.429. The molecule has 0 unspecified atom stereocenters. The average Bonchev–Trinajstić information content (AvgIpc) is 2.46. The van der Waals surface area contributed by atoms with E-state index in [4.69, 9.17) is 5.73 Å². The minimum Gasteiger partial charge on any atom is -0.370 e. The number of aryl methyl sites for hydroxylation is 1. The number of hydrogen-bond acceptors (Lipinski definition) is 3. The summed E-state index contributed by atoms with van der Waals surface area (Å²) in [6, 6.07) is 11.6. The number of anilines is 1. The van der Waals surface area contributed by atoms with Gasteiger partial charge >= 0.3 is 0 Å². The molecule has 0 atom stereocenters. The maximum absolute atomic E-state index is 13.5. The van der Waals surface area contributed by atoms with E-state index in [9.17, 15) is 12.8 Å². The highest BCUT2D eigenvalue weighted by Gasteiger charge is 2.10. The normalized spacial score (nSPS) is 12.2. The number of halogens is 1. The maximum Gasteiger partial charge on any atom is 0.193 e. The fourth-order valence-electron chi connectivity index (χ4n) is 2.25. The third kappa shape index (κ3) is 5.66. The molecule has 0 fully saturated rings. The van der Waals surface area contributed by atoms with Crippen molar-refractivity contribution < 1.29 is 12.8 Å². The SMILES string of the molecule is Cc1cccc(NC(N)=NCc2cc(F)ccc2CS(C)(=O)=O)c1. The van der Waals surface area contributed by atoms with Crippen LogP contribution >= 0.6 is 0 Å². The molecular weight excluding hydrogens is 329 g/mol. The standard InChI is InChI=1S/C17H20FN3O2S/c1-12-4-3-5-16(8-12)21-17(19)20-10-14-9-15(18)7-6-13(14)11-24(2,22)23/h3-9H,10-11H2,1-2H3,(H3,19,20,21). The molecule has 2 aromatic carbocycles. The number of benzene rings is 2. The minimum absolute atomic E-state index is 0.0905. The van der Waals surface area contributed by atoms with Crippen molar-refractivity contribution in [1.29, 1.82) is 0 Å². The molecule has 0 aliphatic rings. The van der Waals surface area contributed by atoms with E-state index in [0.29, 0.717) is 11.1 Å². The second-order valence-electron chi connectivity index (χ2n) is 5.68. The molecule has 0 bridgehead atoms. The Morgan fingerprint density at radius 1 is 1.21 bits per heavy atom. The van der Waals surface area contributed by atoms with Crippen molar-refractivity contribution in [3.05, 3.63) is 65.0 Å². The number of hydrogen-bond donors (Lipinski definition) is 2. The van der Waals surface area contributed by atoms with Crippen LogP contribution in [0.25, 0.3) is 0 Å². The first-order valence-corrected chi connectivity index (χ1v) is 9.37. The van der Waals surface area contributed by atoms with Crippen molar-refractivity contribution in [3.8, 4) is 0 Å². The highest BCUT2D eigenvalue weighted by Crippen LogP contribution is 2.16. The highest BCUT2D eigenvalue weighted by atomic mass is 32.2. The van der Waals surface area contributed by atoms with Gasteiger partial charge in [-0.05, 0) is 47.9 Å². The Labute approximate surface area is 141 Å². The van der Waals surface area contributed by atoms with Crippen LogP contribution in [0.15, 0.2) is 47.5 Å². The van der Waals surface area contributed by atoms with Gasteiger partial charge in [0.1, 0.15) is 5.82 Å². The largest absolute Gasteiger partial charge is 0.370 e. The number of aliphatic imine (C=N–C) groups is 1. The van der Waals surface area contributed by atoms with Gasteiger partial charge in [-0.25, -0.2) is 17.8 Å². The van der Waals surface area contributed by atoms with E-state index in [2.05, 4.69) is 10.3 Å². The van der Waals surface area contributed by atoms with Gasteiger partial charge in [-0.3, -0.25) is 0 Å². The molecule has 128 valence electrons. The van der Waals surface area contributed by atoms with Crippen LogP contribution < -0.4 is 11.1 Å². The first-order chi connectivity index (χ1) is 11.2. The Hall–Kier alpha value is -2.41. The van der Waals surface area contributed by atoms with E-state index in [0.717, 1.165) is 17.5 Å². The van der Waals surface area contributed by atoms with Gasteiger partial charge in [-0.15, -0.1) is 0 Å². The molecule has 2 aromatic rings. The van der Waals surface area contributed by atoms with Gasteiger partial charge in [0.05, 0.1) is 12.3 Å². The van der Waals surface area contributed by atoms with E-state index in [1.807, 2.05) is 31.2 Å². The summed E-state index contributed by atoms with van der Waals surface area (Å²) < 4.78 is 36.4. The van der Waals surface area contributed by atoms with E-state index >= 15 is 0 Å². The van der Waals surface area contributed by atoms with Crippen molar-refractivity contribution in [2.45, 2.75) is 19.2 Å². The van der Waals surface area contributed by atoms with E-state index < -0.39 is 15.7 Å². The smallest absolute Gasteiger partial charge is 0.193 e. The molecule has 5 nitrogen and oxygen atoms in total. The summed E-state index contributed by atoms with van der Waals surface area (Å²) in [4.78, 5) is 4.17. The number of nitrogens with zero attached hydrogens (tertiary/aromatic N) is 1. The molecule has 0 amide bonds. The first kappa shape index (κ1) is 17.9. The van der Waals surface area contributed by atoms with Crippen LogP contribution in [0, 0.1) is 12.7 Å². The van der Waals surface area contributed by atoms with Crippen molar-refractivity contribution in [1.82, 2.24) is 0 Å². The van der Waals surface area contributed by atoms with Crippen molar-refractivity contribution in [3.63, 3.8) is 0 Å². The summed E-state index contributed by atoms with van der Waals surface area (Å²) in [6.07, 6.45) is 1.14. The zero-order chi connectivity index (χ0) is 17.7. The molecule has 0 heterocycles. The maximum atomic E-state index is 13.5. The van der Waals surface area contributed by atoms with Gasteiger partial charge in [0.2, 0.25) is 0 Å². The zero-order valence-electron chi connectivity index (χ0n) is 13.6. The van der Waals surface area contributed by atoms with Crippen LogP contribution in [0.4, 0.5) is 10.1 Å². The monoisotopic (exact) mass is 349 g/mol. The predicted octanol–water partition coefficient (Wildman–Crippen LogP) is 2.61. The van der Waals surface area contributed by atoms with Gasteiger partial charge < -0.3 is 11.1 Å². The molecule has 24 heavy (non-hydrogen) atoms. The Balaban J connectivity index is 2.16. The number of rotatable bonds is 5. The van der Waals surface area contributed by atoms with Gasteiger partial charge in [0.15, 0.2) is 15.8 Å². The molecule has 0 saturated carbocycles. The first-order valence-electron chi connectivity index (χ1n) is 7.31. The third-order valence-corrected chi connectivity index (χ3v) is 4.13. The fourth-order valence-corrected chi connectivity index (χ4v) is 3.09. The number of sulfone groups is 1. The van der Waals surface area contributed by atoms with Gasteiger partial charge in [0.25, 0.3) is 0 Å². The molecule has 3 N–H and O–H groups in total. The van der Waals surface area contributed by atoms with Gasteiger partial charge in [-0.2, -0.15) is 0 Å². The van der Waals surface area contributed by atoms with Crippen LogP contribution in [-0.4, -0.2) is 20.6 Å². The molecule has 0 aliphatic heterocycles. The summed E-state index contributed by atoms with van der Waals surface area (Å²) in [7, 11) is -3.22. The molecule has 0 saturated heterocycles. The van der Waals surface area contributed by atoms with E-state index in [-0.39, 0.29) is 18.3 Å². The van der Waals surface area contributed by atoms with Crippen molar-refractivity contribution in [2.24, 2.45) is 10.7 Å². The summed E-state index contributed by atoms with van der Waals surface area (Å²) in [5, 5.41) is 2.95. The van der Waals surface area contributed by atoms with Gasteiger partial charge in [0, 0.05) is 11.9 Å². The van der Waals surface area contributed by atoms with Crippen LogP contribution in [0.3, 0.4) is 0 Å². The van der Waals surface area contributed by atoms with Gasteiger partial charge in [-0.1, -0.05) is 18.2 Å². The molecule has 7 heteroatoms. The third-order valence-electron chi connectivity index (χ3n) is 3.30. The van der Waals surface area contributed by atoms with Crippen LogP contribution in [-0.2, 0) is 22.1 Å². The lowest BCUT2D eigenvalue weighted by atomic mass is 10.1. The Bertz CT molecular complexity index is 864. The summed E-state index contributed by atoms with van der Waals surface area (Å²) in [5.41, 5.74) is 8.74. The molecule has 0 aliphatic carbocycles. The van der Waals surface area contributed by atoms with Crippen molar-refractivity contribution >= 4 is 21.5 Å². The second kappa shape index (κ2) is 7.44. The van der Waals surface area contributed by atoms with Crippen molar-refractivity contribution in [2.75, 3.05) is 11.6 Å². The lowest BCUT2D eigenvalue weighted by Crippen LogP contribution is -2.22. The highest BCUT2D eigenvalue weighted by molar-refractivity contribution is 7.89. The van der Waals surface area contributed by atoms with Crippen LogP contribution in [0.2, 0.25) is 0 Å². The summed E-state index contributed by atoms with van der Waals surface area (Å²) in [6.45, 7) is 2.05. The van der Waals surface area contributed by atoms with E-state index in [1.165, 1.54) is 18.2 Å². The molecule has 0 spiro atoms. The topological polar surface area (TPSA) is 84.5 Å². The van der Waals surface area contributed by atoms with Crippen LogP contribution in [0.5, 0.6) is 0 Å². The Kier molecular flexibility index (Phi) is 5.56. The van der Waals surface area contributed by atoms with Crippen LogP contribution in [0.1, 0.15) is 16.7 Å². The Morgan fingerprint density at radius 2 is 1.96 bits per heavy atom. The zero-order valence-corrected chi connectivity index (χ0v) is 14.4. The lowest BCUT2D eigenvalue weighted by Gasteiger charge is -2.09. The molecule has 0 aromatic heterocycles.